The fourth-order valence-corrected chi connectivity index (χ4v) is 3.93. The third kappa shape index (κ3) is 3.37. The van der Waals surface area contributed by atoms with E-state index in [-0.39, 0.29) is 11.9 Å². The summed E-state index contributed by atoms with van der Waals surface area (Å²) >= 11 is 7.39. The van der Waals surface area contributed by atoms with Crippen molar-refractivity contribution in [3.63, 3.8) is 0 Å². The lowest BCUT2D eigenvalue weighted by Crippen LogP contribution is -2.31. The summed E-state index contributed by atoms with van der Waals surface area (Å²) in [5.41, 5.74) is 0. The predicted molar refractivity (Wildman–Crippen MR) is 86.1 cm³/mol. The number of rotatable bonds is 5. The van der Waals surface area contributed by atoms with Crippen LogP contribution >= 0.6 is 22.9 Å². The molecule has 1 aliphatic heterocycles. The van der Waals surface area contributed by atoms with E-state index in [4.69, 9.17) is 20.8 Å². The summed E-state index contributed by atoms with van der Waals surface area (Å²) in [6.07, 6.45) is 2.35. The summed E-state index contributed by atoms with van der Waals surface area (Å²) in [7, 11) is 1.64. The lowest BCUT2D eigenvalue weighted by Gasteiger charge is -2.23. The molecule has 0 N–H and O–H groups in total. The fraction of sp³-hybridized carbons (Fsp3) is 0.438. The van der Waals surface area contributed by atoms with Gasteiger partial charge in [0.15, 0.2) is 0 Å². The summed E-state index contributed by atoms with van der Waals surface area (Å²) in [4.78, 5) is 15.5. The molecule has 0 aromatic carbocycles. The molecule has 6 heteroatoms. The average Bonchev–Trinajstić information content (AvgIpc) is 3.19. The molecule has 2 aromatic rings. The van der Waals surface area contributed by atoms with Gasteiger partial charge in [-0.2, -0.15) is 0 Å². The van der Waals surface area contributed by atoms with Gasteiger partial charge in [-0.15, -0.1) is 11.3 Å². The molecule has 0 aliphatic carbocycles. The van der Waals surface area contributed by atoms with Gasteiger partial charge in [0.1, 0.15) is 18.1 Å². The fourth-order valence-electron chi connectivity index (χ4n) is 2.85. The maximum atomic E-state index is 12.6. The first-order chi connectivity index (χ1) is 10.7. The number of hydrogen-bond donors (Lipinski definition) is 0. The number of hydrogen-bond acceptors (Lipinski definition) is 4. The maximum absolute atomic E-state index is 12.6. The second kappa shape index (κ2) is 6.86. The topological polar surface area (TPSA) is 42.7 Å². The molecule has 3 rings (SSSR count). The van der Waals surface area contributed by atoms with E-state index in [9.17, 15) is 4.79 Å². The zero-order valence-corrected chi connectivity index (χ0v) is 14.0. The normalized spacial score (nSPS) is 18.1. The van der Waals surface area contributed by atoms with Gasteiger partial charge in [0.2, 0.25) is 5.91 Å². The quantitative estimate of drug-likeness (QED) is 0.825. The van der Waals surface area contributed by atoms with Gasteiger partial charge in [-0.3, -0.25) is 4.79 Å². The number of carbonyl (C=O) groups is 1. The van der Waals surface area contributed by atoms with Crippen molar-refractivity contribution in [3.8, 4) is 0 Å². The zero-order valence-electron chi connectivity index (χ0n) is 12.4. The van der Waals surface area contributed by atoms with Gasteiger partial charge in [-0.05, 0) is 37.1 Å². The van der Waals surface area contributed by atoms with Crippen molar-refractivity contribution < 1.29 is 13.9 Å². The van der Waals surface area contributed by atoms with Gasteiger partial charge in [0.25, 0.3) is 0 Å². The number of amides is 1. The van der Waals surface area contributed by atoms with Crippen LogP contribution in [0, 0.1) is 0 Å². The second-order valence-corrected chi connectivity index (χ2v) is 7.16. The molecule has 4 nitrogen and oxygen atoms in total. The molecule has 3 heterocycles. The minimum Gasteiger partial charge on any atom is -0.461 e. The number of likely N-dealkylation sites (tertiary alicyclic amines) is 1. The molecule has 2 aromatic heterocycles. The Kier molecular flexibility index (Phi) is 4.86. The number of carbonyl (C=O) groups excluding carboxylic acids is 1. The lowest BCUT2D eigenvalue weighted by molar-refractivity contribution is -0.131. The second-order valence-electron chi connectivity index (χ2n) is 5.36. The summed E-state index contributed by atoms with van der Waals surface area (Å²) in [5.74, 6) is 1.77. The summed E-state index contributed by atoms with van der Waals surface area (Å²) in [6.45, 7) is 1.23. The van der Waals surface area contributed by atoms with Crippen LogP contribution in [0.25, 0.3) is 0 Å². The van der Waals surface area contributed by atoms with Crippen molar-refractivity contribution >= 4 is 28.8 Å². The third-order valence-electron chi connectivity index (χ3n) is 3.82. The van der Waals surface area contributed by atoms with Crippen LogP contribution in [0.4, 0.5) is 0 Å². The van der Waals surface area contributed by atoms with E-state index < -0.39 is 0 Å². The largest absolute Gasteiger partial charge is 0.461 e. The van der Waals surface area contributed by atoms with Crippen molar-refractivity contribution in [1.82, 2.24) is 4.90 Å². The highest BCUT2D eigenvalue weighted by Gasteiger charge is 2.32. The van der Waals surface area contributed by atoms with E-state index >= 15 is 0 Å². The molecular formula is C16H18ClNO3S. The standard InChI is InChI=1S/C16H18ClNO3S/c1-20-10-11-4-6-14(21-11)13-3-2-8-18(13)16(19)9-12-5-7-15(17)22-12/h4-7,13H,2-3,8-10H2,1H3/t13-/m0/s1. The molecule has 0 radical (unpaired) electrons. The minimum absolute atomic E-state index is 0.0357. The first-order valence-electron chi connectivity index (χ1n) is 7.28. The highest BCUT2D eigenvalue weighted by atomic mass is 35.5. The molecular weight excluding hydrogens is 322 g/mol. The van der Waals surface area contributed by atoms with Gasteiger partial charge in [-0.1, -0.05) is 11.6 Å². The summed E-state index contributed by atoms with van der Waals surface area (Å²) < 4.78 is 11.6. The molecule has 1 saturated heterocycles. The Balaban J connectivity index is 1.70. The number of thiophene rings is 1. The third-order valence-corrected chi connectivity index (χ3v) is 5.06. The molecule has 1 fully saturated rings. The Morgan fingerprint density at radius 3 is 3.05 bits per heavy atom. The van der Waals surface area contributed by atoms with Crippen LogP contribution in [-0.2, 0) is 22.6 Å². The number of nitrogens with zero attached hydrogens (tertiary/aromatic N) is 1. The van der Waals surface area contributed by atoms with Crippen LogP contribution in [0.15, 0.2) is 28.7 Å². The Labute approximate surface area is 138 Å². The van der Waals surface area contributed by atoms with E-state index in [2.05, 4.69) is 0 Å². The number of ether oxygens (including phenoxy) is 1. The van der Waals surface area contributed by atoms with Crippen LogP contribution in [0.5, 0.6) is 0 Å². The van der Waals surface area contributed by atoms with Crippen LogP contribution in [0.1, 0.15) is 35.3 Å². The molecule has 0 bridgehead atoms. The number of halogens is 1. The summed E-state index contributed by atoms with van der Waals surface area (Å²) in [6, 6.07) is 7.65. The van der Waals surface area contributed by atoms with Crippen molar-refractivity contribution in [1.29, 1.82) is 0 Å². The van der Waals surface area contributed by atoms with Gasteiger partial charge in [0, 0.05) is 18.5 Å². The van der Waals surface area contributed by atoms with Crippen molar-refractivity contribution in [2.45, 2.75) is 31.9 Å². The molecule has 0 unspecified atom stereocenters. The van der Waals surface area contributed by atoms with Gasteiger partial charge in [0.05, 0.1) is 16.8 Å². The molecule has 1 atom stereocenters. The van der Waals surface area contributed by atoms with Crippen molar-refractivity contribution in [2.24, 2.45) is 0 Å². The van der Waals surface area contributed by atoms with Gasteiger partial charge in [-0.25, -0.2) is 0 Å². The van der Waals surface area contributed by atoms with E-state index in [0.29, 0.717) is 13.0 Å². The highest BCUT2D eigenvalue weighted by Crippen LogP contribution is 2.34. The molecule has 118 valence electrons. The first kappa shape index (κ1) is 15.6. The molecule has 1 amide bonds. The van der Waals surface area contributed by atoms with Crippen LogP contribution in [-0.4, -0.2) is 24.5 Å². The smallest absolute Gasteiger partial charge is 0.228 e. The van der Waals surface area contributed by atoms with Crippen molar-refractivity contribution in [3.05, 3.63) is 45.0 Å². The SMILES string of the molecule is COCc1ccc([C@@H]2CCCN2C(=O)Cc2ccc(Cl)s2)o1. The van der Waals surface area contributed by atoms with Gasteiger partial charge < -0.3 is 14.1 Å². The lowest BCUT2D eigenvalue weighted by atomic mass is 10.1. The predicted octanol–water partition coefficient (Wildman–Crippen LogP) is 4.05. The van der Waals surface area contributed by atoms with Crippen molar-refractivity contribution in [2.75, 3.05) is 13.7 Å². The van der Waals surface area contributed by atoms with E-state index in [0.717, 1.165) is 40.1 Å². The Bertz CT molecular complexity index is 651. The van der Waals surface area contributed by atoms with Crippen LogP contribution < -0.4 is 0 Å². The monoisotopic (exact) mass is 339 g/mol. The first-order valence-corrected chi connectivity index (χ1v) is 8.48. The van der Waals surface area contributed by atoms with Crippen LogP contribution in [0.3, 0.4) is 0 Å². The number of furan rings is 1. The highest BCUT2D eigenvalue weighted by molar-refractivity contribution is 7.16. The van der Waals surface area contributed by atoms with E-state index in [1.54, 1.807) is 7.11 Å². The molecule has 0 spiro atoms. The van der Waals surface area contributed by atoms with Gasteiger partial charge >= 0.3 is 0 Å². The summed E-state index contributed by atoms with van der Waals surface area (Å²) in [5, 5.41) is 0. The Hall–Kier alpha value is -1.30. The van der Waals surface area contributed by atoms with Crippen LogP contribution in [0.2, 0.25) is 4.34 Å². The Morgan fingerprint density at radius 1 is 1.45 bits per heavy atom. The van der Waals surface area contributed by atoms with E-state index in [1.165, 1.54) is 11.3 Å². The minimum atomic E-state index is 0.0357. The average molecular weight is 340 g/mol. The molecule has 22 heavy (non-hydrogen) atoms. The zero-order chi connectivity index (χ0) is 15.5. The Morgan fingerprint density at radius 2 is 2.32 bits per heavy atom. The maximum Gasteiger partial charge on any atom is 0.228 e. The molecule has 0 saturated carbocycles. The molecule has 1 aliphatic rings. The van der Waals surface area contributed by atoms with E-state index in [1.807, 2.05) is 29.2 Å². The number of methoxy groups -OCH3 is 1.